The van der Waals surface area contributed by atoms with Crippen LogP contribution in [0.4, 0.5) is 4.39 Å². The lowest BCUT2D eigenvalue weighted by Crippen LogP contribution is -2.54. The Hall–Kier alpha value is -0.890. The van der Waals surface area contributed by atoms with Gasteiger partial charge in [0.05, 0.1) is 0 Å². The van der Waals surface area contributed by atoms with E-state index in [1.807, 2.05) is 6.07 Å². The van der Waals surface area contributed by atoms with Crippen molar-refractivity contribution in [3.05, 3.63) is 35.6 Å². The second kappa shape index (κ2) is 3.35. The van der Waals surface area contributed by atoms with Gasteiger partial charge in [-0.05, 0) is 38.0 Å². The van der Waals surface area contributed by atoms with Crippen molar-refractivity contribution in [2.75, 3.05) is 6.54 Å². The summed E-state index contributed by atoms with van der Waals surface area (Å²) in [6, 6.07) is 6.87. The van der Waals surface area contributed by atoms with Crippen LogP contribution >= 0.6 is 0 Å². The number of hydrogen-bond acceptors (Lipinski definition) is 1. The van der Waals surface area contributed by atoms with E-state index in [1.54, 1.807) is 12.1 Å². The molecule has 1 aromatic carbocycles. The van der Waals surface area contributed by atoms with Crippen LogP contribution in [0.15, 0.2) is 24.3 Å². The fourth-order valence-corrected chi connectivity index (χ4v) is 1.87. The third-order valence-corrected chi connectivity index (χ3v) is 3.11. The lowest BCUT2D eigenvalue weighted by molar-refractivity contribution is 0.00787. The monoisotopic (exact) mass is 193 g/mol. The molecule has 0 amide bonds. The number of benzene rings is 1. The molecule has 2 rings (SSSR count). The van der Waals surface area contributed by atoms with Crippen LogP contribution in [0.2, 0.25) is 0 Å². The summed E-state index contributed by atoms with van der Waals surface area (Å²) in [4.78, 5) is 2.38. The van der Waals surface area contributed by atoms with E-state index in [4.69, 9.17) is 0 Å². The molecule has 1 aromatic rings. The van der Waals surface area contributed by atoms with Gasteiger partial charge >= 0.3 is 0 Å². The van der Waals surface area contributed by atoms with Crippen LogP contribution in [-0.2, 0) is 6.54 Å². The number of halogens is 1. The Morgan fingerprint density at radius 1 is 1.43 bits per heavy atom. The van der Waals surface area contributed by atoms with Gasteiger partial charge in [-0.3, -0.25) is 4.90 Å². The Morgan fingerprint density at radius 3 is 2.71 bits per heavy atom. The van der Waals surface area contributed by atoms with Crippen LogP contribution in [0.25, 0.3) is 0 Å². The Bertz CT molecular complexity index is 333. The summed E-state index contributed by atoms with van der Waals surface area (Å²) in [7, 11) is 0. The van der Waals surface area contributed by atoms with Crippen LogP contribution in [0.3, 0.4) is 0 Å². The first-order valence-corrected chi connectivity index (χ1v) is 5.07. The summed E-state index contributed by atoms with van der Waals surface area (Å²) >= 11 is 0. The summed E-state index contributed by atoms with van der Waals surface area (Å²) in [5, 5.41) is 0. The minimum absolute atomic E-state index is 0.138. The van der Waals surface area contributed by atoms with Crippen molar-refractivity contribution in [1.29, 1.82) is 0 Å². The molecule has 0 bridgehead atoms. The summed E-state index contributed by atoms with van der Waals surface area (Å²) in [5.41, 5.74) is 1.37. The summed E-state index contributed by atoms with van der Waals surface area (Å²) in [5.74, 6) is -0.138. The van der Waals surface area contributed by atoms with Crippen molar-refractivity contribution >= 4 is 0 Å². The van der Waals surface area contributed by atoms with Gasteiger partial charge in [-0.2, -0.15) is 0 Å². The minimum Gasteiger partial charge on any atom is -0.294 e. The van der Waals surface area contributed by atoms with Crippen LogP contribution in [0.1, 0.15) is 25.8 Å². The van der Waals surface area contributed by atoms with Gasteiger partial charge in [-0.15, -0.1) is 0 Å². The van der Waals surface area contributed by atoms with E-state index in [-0.39, 0.29) is 5.82 Å². The highest BCUT2D eigenvalue weighted by atomic mass is 19.1. The smallest absolute Gasteiger partial charge is 0.123 e. The maximum atomic E-state index is 12.9. The summed E-state index contributed by atoms with van der Waals surface area (Å²) in [6.07, 6.45) is 1.24. The van der Waals surface area contributed by atoms with Gasteiger partial charge in [-0.1, -0.05) is 12.1 Å². The van der Waals surface area contributed by atoms with E-state index in [0.717, 1.165) is 18.7 Å². The molecule has 1 heterocycles. The molecule has 0 N–H and O–H groups in total. The first-order chi connectivity index (χ1) is 6.58. The van der Waals surface area contributed by atoms with Crippen molar-refractivity contribution in [3.63, 3.8) is 0 Å². The molecule has 1 saturated heterocycles. The lowest BCUT2D eigenvalue weighted by atomic mass is 9.88. The zero-order chi connectivity index (χ0) is 10.2. The quantitative estimate of drug-likeness (QED) is 0.698. The summed E-state index contributed by atoms with van der Waals surface area (Å²) in [6.45, 7) is 6.46. The predicted molar refractivity (Wildman–Crippen MR) is 55.5 cm³/mol. The van der Waals surface area contributed by atoms with E-state index in [0.29, 0.717) is 5.54 Å². The van der Waals surface area contributed by atoms with Gasteiger partial charge in [0.15, 0.2) is 0 Å². The molecule has 0 radical (unpaired) electrons. The van der Waals surface area contributed by atoms with E-state index in [1.165, 1.54) is 12.5 Å². The van der Waals surface area contributed by atoms with Crippen LogP contribution in [0.5, 0.6) is 0 Å². The van der Waals surface area contributed by atoms with Crippen molar-refractivity contribution in [1.82, 2.24) is 4.90 Å². The number of likely N-dealkylation sites (tertiary alicyclic amines) is 1. The third kappa shape index (κ3) is 1.80. The van der Waals surface area contributed by atoms with Gasteiger partial charge in [-0.25, -0.2) is 4.39 Å². The Labute approximate surface area is 84.5 Å². The van der Waals surface area contributed by atoms with E-state index in [9.17, 15) is 4.39 Å². The Kier molecular flexibility index (Phi) is 2.31. The average Bonchev–Trinajstić information content (AvgIpc) is 2.13. The highest BCUT2D eigenvalue weighted by Gasteiger charge is 2.35. The fourth-order valence-electron chi connectivity index (χ4n) is 1.87. The van der Waals surface area contributed by atoms with E-state index in [2.05, 4.69) is 18.7 Å². The molecule has 14 heavy (non-hydrogen) atoms. The Morgan fingerprint density at radius 2 is 2.21 bits per heavy atom. The lowest BCUT2D eigenvalue weighted by Gasteiger charge is -2.48. The van der Waals surface area contributed by atoms with Crippen molar-refractivity contribution in [2.45, 2.75) is 32.4 Å². The maximum absolute atomic E-state index is 12.9. The first kappa shape index (κ1) is 9.66. The molecular weight excluding hydrogens is 177 g/mol. The normalized spacial score (nSPS) is 20.5. The zero-order valence-electron chi connectivity index (χ0n) is 8.76. The summed E-state index contributed by atoms with van der Waals surface area (Å²) < 4.78 is 12.9. The molecule has 2 heteroatoms. The number of nitrogens with zero attached hydrogens (tertiary/aromatic N) is 1. The van der Waals surface area contributed by atoms with Crippen molar-refractivity contribution < 1.29 is 4.39 Å². The van der Waals surface area contributed by atoms with Gasteiger partial charge in [0.1, 0.15) is 5.82 Å². The third-order valence-electron chi connectivity index (χ3n) is 3.11. The maximum Gasteiger partial charge on any atom is 0.123 e. The molecule has 0 spiro atoms. The number of rotatable bonds is 2. The van der Waals surface area contributed by atoms with Crippen LogP contribution in [0, 0.1) is 5.82 Å². The first-order valence-electron chi connectivity index (χ1n) is 5.07. The van der Waals surface area contributed by atoms with E-state index < -0.39 is 0 Å². The van der Waals surface area contributed by atoms with Gasteiger partial charge < -0.3 is 0 Å². The highest BCUT2D eigenvalue weighted by Crippen LogP contribution is 2.30. The molecule has 0 atom stereocenters. The molecule has 76 valence electrons. The predicted octanol–water partition coefficient (Wildman–Crippen LogP) is 2.81. The highest BCUT2D eigenvalue weighted by molar-refractivity contribution is 5.17. The molecule has 1 aliphatic rings. The molecule has 0 aliphatic carbocycles. The second-order valence-corrected chi connectivity index (χ2v) is 4.61. The van der Waals surface area contributed by atoms with Gasteiger partial charge in [0, 0.05) is 18.6 Å². The largest absolute Gasteiger partial charge is 0.294 e. The molecule has 1 fully saturated rings. The zero-order valence-corrected chi connectivity index (χ0v) is 8.76. The van der Waals surface area contributed by atoms with Crippen LogP contribution in [-0.4, -0.2) is 17.0 Å². The van der Waals surface area contributed by atoms with Crippen molar-refractivity contribution in [2.24, 2.45) is 0 Å². The Balaban J connectivity index is 2.05. The van der Waals surface area contributed by atoms with Crippen LogP contribution < -0.4 is 0 Å². The molecule has 0 aromatic heterocycles. The van der Waals surface area contributed by atoms with Crippen molar-refractivity contribution in [3.8, 4) is 0 Å². The fraction of sp³-hybridized carbons (Fsp3) is 0.500. The molecule has 0 saturated carbocycles. The second-order valence-electron chi connectivity index (χ2n) is 4.61. The topological polar surface area (TPSA) is 3.24 Å². The number of hydrogen-bond donors (Lipinski definition) is 0. The van der Waals surface area contributed by atoms with E-state index >= 15 is 0 Å². The average molecular weight is 193 g/mol. The van der Waals surface area contributed by atoms with Gasteiger partial charge in [0.25, 0.3) is 0 Å². The minimum atomic E-state index is -0.138. The molecule has 1 nitrogen and oxygen atoms in total. The van der Waals surface area contributed by atoms with Gasteiger partial charge in [0.2, 0.25) is 0 Å². The standard InChI is InChI=1S/C12H16FN/c1-12(2)6-7-14(12)9-10-4-3-5-11(13)8-10/h3-5,8H,6-7,9H2,1-2H3. The SMILES string of the molecule is CC1(C)CCN1Cc1cccc(F)c1. The molecule has 1 aliphatic heterocycles. The molecular formula is C12H16FN. The molecule has 0 unspecified atom stereocenters.